The van der Waals surface area contributed by atoms with E-state index in [1.807, 2.05) is 0 Å². The number of nitrogens with zero attached hydrogens (tertiary/aromatic N) is 2. The van der Waals surface area contributed by atoms with Crippen molar-refractivity contribution in [3.05, 3.63) is 29.8 Å². The summed E-state index contributed by atoms with van der Waals surface area (Å²) in [4.78, 5) is 52.3. The zero-order chi connectivity index (χ0) is 19.4. The third kappa shape index (κ3) is 2.58. The number of carbonyl (C=O) groups excluding carboxylic acids is 3. The Morgan fingerprint density at radius 3 is 2.56 bits per heavy atom. The second-order valence-corrected chi connectivity index (χ2v) is 7.72. The number of anilines is 1. The summed E-state index contributed by atoms with van der Waals surface area (Å²) in [6, 6.07) is 6.90. The first-order valence-electron chi connectivity index (χ1n) is 9.03. The summed E-state index contributed by atoms with van der Waals surface area (Å²) in [6.07, 6.45) is 1.83. The van der Waals surface area contributed by atoms with Gasteiger partial charge in [0, 0.05) is 13.0 Å². The summed E-state index contributed by atoms with van der Waals surface area (Å²) in [7, 11) is 0. The summed E-state index contributed by atoms with van der Waals surface area (Å²) in [5, 5.41) is 11.9. The molecule has 1 aromatic carbocycles. The van der Waals surface area contributed by atoms with E-state index >= 15 is 0 Å². The van der Waals surface area contributed by atoms with E-state index in [-0.39, 0.29) is 24.9 Å². The van der Waals surface area contributed by atoms with Crippen LogP contribution in [0.4, 0.5) is 5.69 Å². The lowest BCUT2D eigenvalue weighted by Crippen LogP contribution is -2.64. The average Bonchev–Trinajstić information content (AvgIpc) is 3.37. The van der Waals surface area contributed by atoms with Gasteiger partial charge in [0.2, 0.25) is 11.8 Å². The Balaban J connectivity index is 1.57. The van der Waals surface area contributed by atoms with Crippen LogP contribution in [0.2, 0.25) is 0 Å². The van der Waals surface area contributed by atoms with E-state index in [9.17, 15) is 24.3 Å². The molecule has 0 aromatic heterocycles. The Hall–Kier alpha value is -2.90. The zero-order valence-electron chi connectivity index (χ0n) is 15.0. The summed E-state index contributed by atoms with van der Waals surface area (Å²) in [6.45, 7) is 1.63. The van der Waals surface area contributed by atoms with Crippen molar-refractivity contribution in [3.63, 3.8) is 0 Å². The maximum Gasteiger partial charge on any atom is 0.311 e. The van der Waals surface area contributed by atoms with Gasteiger partial charge in [-0.05, 0) is 38.3 Å². The summed E-state index contributed by atoms with van der Waals surface area (Å²) in [5.74, 6) is -1.71. The molecular weight excluding hydrogens is 350 g/mol. The van der Waals surface area contributed by atoms with Gasteiger partial charge in [0.15, 0.2) is 0 Å². The number of amides is 3. The van der Waals surface area contributed by atoms with Crippen molar-refractivity contribution < 1.29 is 24.3 Å². The van der Waals surface area contributed by atoms with E-state index in [1.165, 1.54) is 4.90 Å². The van der Waals surface area contributed by atoms with Gasteiger partial charge in [0.25, 0.3) is 5.91 Å². The standard InChI is InChI=1S/C19H21N3O5/c1-18-7-6-15(24)22(18)13-5-3-2-4-12(13)16(25)21(18)10-14(23)20-11-19(8-9-19)17(26)27/h2-5H,6-11H2,1H3,(H,20,23)(H,26,27). The van der Waals surface area contributed by atoms with Gasteiger partial charge in [-0.3, -0.25) is 24.1 Å². The highest BCUT2D eigenvalue weighted by molar-refractivity contribution is 6.11. The fourth-order valence-electron chi connectivity index (χ4n) is 4.03. The molecule has 142 valence electrons. The first kappa shape index (κ1) is 17.5. The molecule has 27 heavy (non-hydrogen) atoms. The van der Waals surface area contributed by atoms with Crippen molar-refractivity contribution in [1.29, 1.82) is 0 Å². The summed E-state index contributed by atoms with van der Waals surface area (Å²) < 4.78 is 0. The topological polar surface area (TPSA) is 107 Å². The minimum atomic E-state index is -0.912. The number of carboxylic acid groups (broad SMARTS) is 1. The Kier molecular flexibility index (Phi) is 3.76. The van der Waals surface area contributed by atoms with Gasteiger partial charge in [0.1, 0.15) is 12.2 Å². The highest BCUT2D eigenvalue weighted by Crippen LogP contribution is 2.45. The first-order chi connectivity index (χ1) is 12.8. The summed E-state index contributed by atoms with van der Waals surface area (Å²) >= 11 is 0. The van der Waals surface area contributed by atoms with Gasteiger partial charge in [-0.1, -0.05) is 12.1 Å². The van der Waals surface area contributed by atoms with E-state index < -0.39 is 23.0 Å². The Labute approximate surface area is 156 Å². The number of nitrogens with one attached hydrogen (secondary N) is 1. The number of hydrogen-bond donors (Lipinski definition) is 2. The molecule has 8 nitrogen and oxygen atoms in total. The number of carboxylic acids is 1. The van der Waals surface area contributed by atoms with Crippen LogP contribution < -0.4 is 10.2 Å². The Bertz CT molecular complexity index is 863. The molecule has 1 unspecified atom stereocenters. The monoisotopic (exact) mass is 371 g/mol. The molecule has 0 radical (unpaired) electrons. The largest absolute Gasteiger partial charge is 0.481 e. The normalized spacial score (nSPS) is 25.1. The first-order valence-corrected chi connectivity index (χ1v) is 9.03. The van der Waals surface area contributed by atoms with Gasteiger partial charge in [-0.25, -0.2) is 0 Å². The second kappa shape index (κ2) is 5.80. The van der Waals surface area contributed by atoms with Crippen LogP contribution in [0.25, 0.3) is 0 Å². The number of para-hydroxylation sites is 1. The molecule has 2 heterocycles. The van der Waals surface area contributed by atoms with Crippen LogP contribution in [0.15, 0.2) is 24.3 Å². The molecule has 3 aliphatic rings. The van der Waals surface area contributed by atoms with Crippen molar-refractivity contribution in [2.45, 2.75) is 38.3 Å². The van der Waals surface area contributed by atoms with Gasteiger partial charge in [-0.15, -0.1) is 0 Å². The quantitative estimate of drug-likeness (QED) is 0.802. The van der Waals surface area contributed by atoms with Crippen LogP contribution in [-0.2, 0) is 14.4 Å². The fourth-order valence-corrected chi connectivity index (χ4v) is 4.03. The van der Waals surface area contributed by atoms with Crippen molar-refractivity contribution in [1.82, 2.24) is 10.2 Å². The van der Waals surface area contributed by atoms with Crippen molar-refractivity contribution in [3.8, 4) is 0 Å². The molecule has 1 saturated carbocycles. The predicted molar refractivity (Wildman–Crippen MR) is 94.9 cm³/mol. The average molecular weight is 371 g/mol. The maximum absolute atomic E-state index is 13.0. The van der Waals surface area contributed by atoms with Crippen molar-refractivity contribution >= 4 is 29.4 Å². The lowest BCUT2D eigenvalue weighted by molar-refractivity contribution is -0.143. The van der Waals surface area contributed by atoms with Gasteiger partial charge >= 0.3 is 5.97 Å². The van der Waals surface area contributed by atoms with E-state index in [2.05, 4.69) is 5.32 Å². The number of fused-ring (bicyclic) bond motifs is 3. The van der Waals surface area contributed by atoms with Crippen LogP contribution in [0.5, 0.6) is 0 Å². The predicted octanol–water partition coefficient (Wildman–Crippen LogP) is 0.966. The summed E-state index contributed by atoms with van der Waals surface area (Å²) in [5.41, 5.74) is -0.800. The van der Waals surface area contributed by atoms with E-state index in [0.29, 0.717) is 36.9 Å². The van der Waals surface area contributed by atoms with Crippen LogP contribution in [0, 0.1) is 5.41 Å². The molecule has 1 saturated heterocycles. The molecule has 0 bridgehead atoms. The van der Waals surface area contributed by atoms with Crippen LogP contribution >= 0.6 is 0 Å². The van der Waals surface area contributed by atoms with Gasteiger partial charge in [0.05, 0.1) is 16.7 Å². The SMILES string of the molecule is CC12CCC(=O)N1c1ccccc1C(=O)N2CC(=O)NCC1(C(=O)O)CC1. The number of aliphatic carboxylic acids is 1. The molecule has 4 rings (SSSR count). The minimum absolute atomic E-state index is 0.0547. The molecule has 1 aromatic rings. The molecule has 8 heteroatoms. The lowest BCUT2D eigenvalue weighted by Gasteiger charge is -2.48. The van der Waals surface area contributed by atoms with Gasteiger partial charge in [-0.2, -0.15) is 0 Å². The van der Waals surface area contributed by atoms with Crippen molar-refractivity contribution in [2.75, 3.05) is 18.0 Å². The zero-order valence-corrected chi connectivity index (χ0v) is 15.0. The third-order valence-electron chi connectivity index (χ3n) is 5.98. The minimum Gasteiger partial charge on any atom is -0.481 e. The second-order valence-electron chi connectivity index (χ2n) is 7.72. The molecule has 3 amide bonds. The van der Waals surface area contributed by atoms with E-state index in [1.54, 1.807) is 36.1 Å². The molecule has 1 atom stereocenters. The van der Waals surface area contributed by atoms with Crippen LogP contribution in [0.1, 0.15) is 43.0 Å². The van der Waals surface area contributed by atoms with Crippen LogP contribution in [0.3, 0.4) is 0 Å². The Morgan fingerprint density at radius 2 is 1.89 bits per heavy atom. The number of rotatable bonds is 5. The van der Waals surface area contributed by atoms with E-state index in [4.69, 9.17) is 0 Å². The molecule has 2 fully saturated rings. The molecule has 2 aliphatic heterocycles. The molecular formula is C19H21N3O5. The van der Waals surface area contributed by atoms with E-state index in [0.717, 1.165) is 0 Å². The van der Waals surface area contributed by atoms with Crippen molar-refractivity contribution in [2.24, 2.45) is 5.41 Å². The number of carbonyl (C=O) groups is 4. The highest BCUT2D eigenvalue weighted by atomic mass is 16.4. The smallest absolute Gasteiger partial charge is 0.311 e. The highest BCUT2D eigenvalue weighted by Gasteiger charge is 2.54. The fraction of sp³-hybridized carbons (Fsp3) is 0.474. The number of hydrogen-bond acceptors (Lipinski definition) is 4. The van der Waals surface area contributed by atoms with Crippen LogP contribution in [-0.4, -0.2) is 52.4 Å². The van der Waals surface area contributed by atoms with Gasteiger partial charge < -0.3 is 15.3 Å². The lowest BCUT2D eigenvalue weighted by atomic mass is 9.98. The molecule has 0 spiro atoms. The number of benzene rings is 1. The maximum atomic E-state index is 13.0. The third-order valence-corrected chi connectivity index (χ3v) is 5.98. The molecule has 2 N–H and O–H groups in total. The Morgan fingerprint density at radius 1 is 1.19 bits per heavy atom. The molecule has 1 aliphatic carbocycles.